The van der Waals surface area contributed by atoms with Gasteiger partial charge in [-0.2, -0.15) is 0 Å². The maximum absolute atomic E-state index is 12.0. The van der Waals surface area contributed by atoms with Crippen molar-refractivity contribution in [3.63, 3.8) is 0 Å². The molecule has 0 aliphatic rings. The molecule has 122 valence electrons. The molecule has 22 heavy (non-hydrogen) atoms. The third-order valence-electron chi connectivity index (χ3n) is 2.47. The SMILES string of the molecule is CC(C)(C)OC(=O)NC(c1ccccc1Cl)C(Br)(Br)[N+](=O)[O-]. The summed E-state index contributed by atoms with van der Waals surface area (Å²) in [7, 11) is 0. The van der Waals surface area contributed by atoms with Crippen molar-refractivity contribution in [1.29, 1.82) is 0 Å². The van der Waals surface area contributed by atoms with Crippen LogP contribution in [0.25, 0.3) is 0 Å². The van der Waals surface area contributed by atoms with Gasteiger partial charge >= 0.3 is 9.45 Å². The fourth-order valence-corrected chi connectivity index (χ4v) is 2.56. The van der Waals surface area contributed by atoms with Gasteiger partial charge in [0.05, 0.1) is 4.92 Å². The summed E-state index contributed by atoms with van der Waals surface area (Å²) < 4.78 is 3.32. The summed E-state index contributed by atoms with van der Waals surface area (Å²) >= 11 is 12.1. The van der Waals surface area contributed by atoms with Crippen molar-refractivity contribution in [1.82, 2.24) is 5.32 Å². The minimum absolute atomic E-state index is 0.286. The Morgan fingerprint density at radius 1 is 1.36 bits per heavy atom. The molecule has 0 aliphatic heterocycles. The van der Waals surface area contributed by atoms with Crippen LogP contribution in [0.3, 0.4) is 0 Å². The first-order valence-electron chi connectivity index (χ1n) is 6.21. The van der Waals surface area contributed by atoms with Crippen LogP contribution in [0.1, 0.15) is 32.4 Å². The number of carbonyl (C=O) groups excluding carboxylic acids is 1. The molecule has 1 amide bonds. The first kappa shape index (κ1) is 19.2. The van der Waals surface area contributed by atoms with Crippen molar-refractivity contribution in [2.75, 3.05) is 0 Å². The molecule has 0 saturated carbocycles. The van der Waals surface area contributed by atoms with E-state index in [4.69, 9.17) is 16.3 Å². The lowest BCUT2D eigenvalue weighted by Crippen LogP contribution is -2.45. The van der Waals surface area contributed by atoms with Gasteiger partial charge in [-0.05, 0) is 26.8 Å². The highest BCUT2D eigenvalue weighted by Gasteiger charge is 2.48. The summed E-state index contributed by atoms with van der Waals surface area (Å²) in [5.74, 6) is 0. The molecule has 0 bridgehead atoms. The maximum atomic E-state index is 12.0. The summed E-state index contributed by atoms with van der Waals surface area (Å²) in [6, 6.07) is 5.43. The van der Waals surface area contributed by atoms with Crippen molar-refractivity contribution < 1.29 is 14.5 Å². The van der Waals surface area contributed by atoms with E-state index in [0.29, 0.717) is 5.56 Å². The Bertz CT molecular complexity index is 575. The van der Waals surface area contributed by atoms with E-state index in [1.165, 1.54) is 0 Å². The molecule has 6 nitrogen and oxygen atoms in total. The molecule has 0 fully saturated rings. The molecule has 0 radical (unpaired) electrons. The Hall–Kier alpha value is -0.860. The van der Waals surface area contributed by atoms with Crippen LogP contribution >= 0.6 is 43.5 Å². The number of nitro groups is 1. The number of hydrogen-bond donors (Lipinski definition) is 1. The summed E-state index contributed by atoms with van der Waals surface area (Å²) in [6.07, 6.45) is -0.789. The second-order valence-electron chi connectivity index (χ2n) is 5.45. The predicted molar refractivity (Wildman–Crippen MR) is 91.1 cm³/mol. The zero-order chi connectivity index (χ0) is 17.1. The quantitative estimate of drug-likeness (QED) is 0.309. The van der Waals surface area contributed by atoms with Crippen molar-refractivity contribution >= 4 is 49.6 Å². The molecule has 1 aromatic rings. The number of nitrogens with zero attached hydrogens (tertiary/aromatic N) is 1. The molecular formula is C13H15Br2ClN2O4. The molecule has 9 heteroatoms. The fraction of sp³-hybridized carbons (Fsp3) is 0.462. The summed E-state index contributed by atoms with van der Waals surface area (Å²) in [4.78, 5) is 22.7. The number of hydrogen-bond acceptors (Lipinski definition) is 4. The van der Waals surface area contributed by atoms with Crippen molar-refractivity contribution in [2.24, 2.45) is 0 Å². The van der Waals surface area contributed by atoms with Gasteiger partial charge in [0.15, 0.2) is 6.04 Å². The van der Waals surface area contributed by atoms with Crippen LogP contribution < -0.4 is 5.32 Å². The Morgan fingerprint density at radius 2 is 1.91 bits per heavy atom. The number of ether oxygens (including phenoxy) is 1. The predicted octanol–water partition coefficient (Wildman–Crippen LogP) is 4.63. The molecular weight excluding hydrogens is 443 g/mol. The van der Waals surface area contributed by atoms with Crippen LogP contribution in [0.4, 0.5) is 4.79 Å². The molecule has 0 aromatic heterocycles. The lowest BCUT2D eigenvalue weighted by Gasteiger charge is -2.27. The zero-order valence-corrected chi connectivity index (χ0v) is 16.0. The molecule has 1 atom stereocenters. The summed E-state index contributed by atoms with van der Waals surface area (Å²) in [5, 5.41) is 14.0. The van der Waals surface area contributed by atoms with Crippen LogP contribution in [0, 0.1) is 10.1 Å². The van der Waals surface area contributed by atoms with Crippen molar-refractivity contribution in [3.8, 4) is 0 Å². The second kappa shape index (κ2) is 7.14. The molecule has 0 aliphatic carbocycles. The molecule has 1 rings (SSSR count). The minimum atomic E-state index is -1.83. The first-order valence-corrected chi connectivity index (χ1v) is 8.18. The van der Waals surface area contributed by atoms with Crippen molar-refractivity contribution in [3.05, 3.63) is 45.0 Å². The Kier molecular flexibility index (Phi) is 6.23. The van der Waals surface area contributed by atoms with Crippen LogP contribution in [-0.4, -0.2) is 20.0 Å². The average Bonchev–Trinajstić information content (AvgIpc) is 2.34. The Morgan fingerprint density at radius 3 is 2.36 bits per heavy atom. The highest BCUT2D eigenvalue weighted by molar-refractivity contribution is 9.25. The van der Waals surface area contributed by atoms with Crippen molar-refractivity contribution in [2.45, 2.75) is 35.8 Å². The third kappa shape index (κ3) is 5.10. The monoisotopic (exact) mass is 456 g/mol. The van der Waals surface area contributed by atoms with E-state index in [1.807, 2.05) is 0 Å². The molecule has 1 N–H and O–H groups in total. The smallest absolute Gasteiger partial charge is 0.408 e. The number of benzene rings is 1. The number of carbonyl (C=O) groups is 1. The van der Waals surface area contributed by atoms with Crippen LogP contribution in [0.15, 0.2) is 24.3 Å². The molecule has 0 spiro atoms. The number of nitrogens with one attached hydrogen (secondary N) is 1. The van der Waals surface area contributed by atoms with Gasteiger partial charge in [0.25, 0.3) is 0 Å². The van der Waals surface area contributed by atoms with Gasteiger partial charge in [-0.1, -0.05) is 29.8 Å². The van der Waals surface area contributed by atoms with E-state index >= 15 is 0 Å². The Balaban J connectivity index is 3.17. The topological polar surface area (TPSA) is 81.5 Å². The summed E-state index contributed by atoms with van der Waals surface area (Å²) in [5.41, 5.74) is -0.356. The highest BCUT2D eigenvalue weighted by atomic mass is 79.9. The number of alkyl carbamates (subject to hydrolysis) is 1. The van der Waals surface area contributed by atoms with Gasteiger partial charge in [-0.15, -0.1) is 0 Å². The first-order chi connectivity index (χ1) is 9.95. The maximum Gasteiger partial charge on any atom is 0.408 e. The lowest BCUT2D eigenvalue weighted by molar-refractivity contribution is -0.509. The average molecular weight is 459 g/mol. The van der Waals surface area contributed by atoms with E-state index in [1.54, 1.807) is 45.0 Å². The van der Waals surface area contributed by atoms with Gasteiger partial charge in [0, 0.05) is 42.4 Å². The van der Waals surface area contributed by atoms with E-state index < -0.39 is 26.0 Å². The van der Waals surface area contributed by atoms with Gasteiger partial charge < -0.3 is 10.1 Å². The van der Waals surface area contributed by atoms with Gasteiger partial charge in [0.1, 0.15) is 5.60 Å². The number of alkyl halides is 2. The minimum Gasteiger partial charge on any atom is -0.444 e. The molecule has 1 unspecified atom stereocenters. The largest absolute Gasteiger partial charge is 0.444 e. The third-order valence-corrected chi connectivity index (χ3v) is 4.31. The van der Waals surface area contributed by atoms with E-state index in [0.717, 1.165) is 0 Å². The fourth-order valence-electron chi connectivity index (χ4n) is 1.59. The van der Waals surface area contributed by atoms with Crippen LogP contribution in [0.2, 0.25) is 5.02 Å². The van der Waals surface area contributed by atoms with Gasteiger partial charge in [-0.3, -0.25) is 10.1 Å². The lowest BCUT2D eigenvalue weighted by atomic mass is 10.1. The second-order valence-corrected chi connectivity index (χ2v) is 9.33. The molecule has 0 saturated heterocycles. The molecule has 1 aromatic carbocycles. The summed E-state index contributed by atoms with van der Waals surface area (Å²) in [6.45, 7) is 5.08. The van der Waals surface area contributed by atoms with E-state index in [2.05, 4.69) is 37.2 Å². The Labute approximate surface area is 150 Å². The van der Waals surface area contributed by atoms with Crippen LogP contribution in [0.5, 0.6) is 0 Å². The number of halogens is 3. The normalized spacial score (nSPS) is 13.4. The number of amides is 1. The van der Waals surface area contributed by atoms with E-state index in [-0.39, 0.29) is 5.02 Å². The zero-order valence-electron chi connectivity index (χ0n) is 12.1. The number of rotatable bonds is 4. The van der Waals surface area contributed by atoms with E-state index in [9.17, 15) is 14.9 Å². The van der Waals surface area contributed by atoms with Gasteiger partial charge in [0.2, 0.25) is 0 Å². The highest BCUT2D eigenvalue weighted by Crippen LogP contribution is 2.42. The standard InChI is InChI=1S/C13H15Br2ClN2O4/c1-12(2,3)22-11(19)17-10(13(14,15)18(20)21)8-6-4-5-7-9(8)16/h4-7,10H,1-3H3,(H,17,19). The van der Waals surface area contributed by atoms with Gasteiger partial charge in [-0.25, -0.2) is 4.79 Å². The van der Waals surface area contributed by atoms with Crippen LogP contribution in [-0.2, 0) is 4.74 Å². The molecule has 0 heterocycles.